The van der Waals surface area contributed by atoms with Crippen molar-refractivity contribution in [2.75, 3.05) is 0 Å². The summed E-state index contributed by atoms with van der Waals surface area (Å²) >= 11 is 7.42. The summed E-state index contributed by atoms with van der Waals surface area (Å²) in [6, 6.07) is 45.6. The van der Waals surface area contributed by atoms with Gasteiger partial charge in [0.2, 0.25) is 0 Å². The Kier molecular flexibility index (Phi) is 4.71. The van der Waals surface area contributed by atoms with Gasteiger partial charge in [-0.3, -0.25) is 0 Å². The third-order valence-electron chi connectivity index (χ3n) is 8.51. The lowest BCUT2D eigenvalue weighted by Crippen LogP contribution is -1.83. The highest BCUT2D eigenvalue weighted by molar-refractivity contribution is 9.13. The van der Waals surface area contributed by atoms with Gasteiger partial charge in [0.15, 0.2) is 0 Å². The number of fused-ring (bicyclic) bond motifs is 8. The van der Waals surface area contributed by atoms with E-state index in [1.54, 1.807) is 0 Å². The van der Waals surface area contributed by atoms with E-state index in [1.807, 2.05) is 0 Å². The number of rotatable bonds is 0. The molecule has 0 saturated heterocycles. The Morgan fingerprint density at radius 3 is 0.950 bits per heavy atom. The van der Waals surface area contributed by atoms with Crippen LogP contribution in [0.25, 0.3) is 86.2 Å². The second kappa shape index (κ2) is 8.27. The molecule has 0 N–H and O–H groups in total. The van der Waals surface area contributed by atoms with Crippen LogP contribution in [0.3, 0.4) is 0 Å². The van der Waals surface area contributed by atoms with E-state index in [1.165, 1.54) is 86.2 Å². The molecule has 0 aromatic heterocycles. The first-order valence-corrected chi connectivity index (χ1v) is 15.0. The van der Waals surface area contributed by atoms with Crippen molar-refractivity contribution in [3.8, 4) is 0 Å². The largest absolute Gasteiger partial charge is 0.0616 e. The maximum Gasteiger partial charge on any atom is 0.0396 e. The van der Waals surface area contributed by atoms with Crippen LogP contribution in [0.2, 0.25) is 0 Å². The quantitative estimate of drug-likeness (QED) is 0.145. The average molecular weight is 636 g/mol. The Hall–Kier alpha value is -3.98. The van der Waals surface area contributed by atoms with Gasteiger partial charge in [-0.1, -0.05) is 30.3 Å². The minimum absolute atomic E-state index is 1.08. The first-order valence-electron chi connectivity index (χ1n) is 13.4. The topological polar surface area (TPSA) is 0 Å². The zero-order valence-electron chi connectivity index (χ0n) is 21.3. The van der Waals surface area contributed by atoms with Crippen LogP contribution in [-0.2, 0) is 0 Å². The van der Waals surface area contributed by atoms with Crippen molar-refractivity contribution in [1.29, 1.82) is 0 Å². The van der Waals surface area contributed by atoms with Gasteiger partial charge < -0.3 is 0 Å². The van der Waals surface area contributed by atoms with E-state index in [4.69, 9.17) is 0 Å². The monoisotopic (exact) mass is 634 g/mol. The average Bonchev–Trinajstić information content (AvgIpc) is 2.96. The van der Waals surface area contributed by atoms with Crippen molar-refractivity contribution in [2.45, 2.75) is 0 Å². The van der Waals surface area contributed by atoms with Crippen LogP contribution < -0.4 is 0 Å². The van der Waals surface area contributed by atoms with E-state index in [0.29, 0.717) is 0 Å². The van der Waals surface area contributed by atoms with Gasteiger partial charge >= 0.3 is 0 Å². The highest BCUT2D eigenvalue weighted by Crippen LogP contribution is 2.37. The van der Waals surface area contributed by atoms with E-state index in [2.05, 4.69) is 153 Å². The van der Waals surface area contributed by atoms with Crippen molar-refractivity contribution < 1.29 is 0 Å². The van der Waals surface area contributed by atoms with Crippen LogP contribution in [0.15, 0.2) is 130 Å². The number of hydrogen-bond acceptors (Lipinski definition) is 0. The first kappa shape index (κ1) is 22.8. The van der Waals surface area contributed by atoms with Gasteiger partial charge in [-0.25, -0.2) is 0 Å². The molecule has 0 bridgehead atoms. The zero-order chi connectivity index (χ0) is 26.5. The Balaban J connectivity index is 1.27. The van der Waals surface area contributed by atoms with Crippen LogP contribution in [0, 0.1) is 0 Å². The van der Waals surface area contributed by atoms with Crippen molar-refractivity contribution in [3.63, 3.8) is 0 Å². The lowest BCUT2D eigenvalue weighted by molar-refractivity contribution is 1.67. The molecule has 0 heterocycles. The van der Waals surface area contributed by atoms with E-state index >= 15 is 0 Å². The summed E-state index contributed by atoms with van der Waals surface area (Å²) in [4.78, 5) is 0. The van der Waals surface area contributed by atoms with Crippen LogP contribution >= 0.6 is 31.9 Å². The molecule has 0 radical (unpaired) electrons. The van der Waals surface area contributed by atoms with Crippen LogP contribution in [-0.4, -0.2) is 0 Å². The molecular formula is C38H20Br2. The molecule has 0 aliphatic rings. The van der Waals surface area contributed by atoms with E-state index in [0.717, 1.165) is 8.95 Å². The van der Waals surface area contributed by atoms with Crippen LogP contribution in [0.1, 0.15) is 0 Å². The fourth-order valence-corrected chi connectivity index (χ4v) is 7.28. The summed E-state index contributed by atoms with van der Waals surface area (Å²) in [5.74, 6) is 0. The van der Waals surface area contributed by atoms with Crippen molar-refractivity contribution in [2.24, 2.45) is 0 Å². The summed E-state index contributed by atoms with van der Waals surface area (Å²) in [5, 5.41) is 20.3. The Morgan fingerprint density at radius 2 is 0.575 bits per heavy atom. The molecule has 0 fully saturated rings. The second-order valence-corrected chi connectivity index (χ2v) is 12.6. The molecule has 0 atom stereocenters. The van der Waals surface area contributed by atoms with Crippen molar-refractivity contribution in [1.82, 2.24) is 0 Å². The van der Waals surface area contributed by atoms with Gasteiger partial charge in [0.25, 0.3) is 0 Å². The molecule has 0 unspecified atom stereocenters. The normalized spacial score (nSPS) is 12.2. The molecule has 0 saturated carbocycles. The van der Waals surface area contributed by atoms with Gasteiger partial charge in [0, 0.05) is 8.95 Å². The molecule has 2 heteroatoms. The van der Waals surface area contributed by atoms with Gasteiger partial charge in [-0.05, 0) is 209 Å². The summed E-state index contributed by atoms with van der Waals surface area (Å²) in [7, 11) is 0. The third-order valence-corrected chi connectivity index (χ3v) is 10.6. The summed E-state index contributed by atoms with van der Waals surface area (Å²) < 4.78 is 2.18. The third kappa shape index (κ3) is 3.43. The predicted octanol–water partition coefficient (Wildman–Crippen LogP) is 12.4. The summed E-state index contributed by atoms with van der Waals surface area (Å²) in [5.41, 5.74) is 0. The molecule has 9 aromatic carbocycles. The van der Waals surface area contributed by atoms with Crippen molar-refractivity contribution >= 4 is 118 Å². The molecule has 0 aliphatic heterocycles. The maximum atomic E-state index is 3.77. The first-order chi connectivity index (χ1) is 19.6. The van der Waals surface area contributed by atoms with Crippen LogP contribution in [0.5, 0.6) is 0 Å². The number of hydrogen-bond donors (Lipinski definition) is 0. The number of halogens is 2. The van der Waals surface area contributed by atoms with Gasteiger partial charge in [-0.15, -0.1) is 0 Å². The fourth-order valence-electron chi connectivity index (χ4n) is 6.46. The summed E-state index contributed by atoms with van der Waals surface area (Å²) in [6.07, 6.45) is 0. The van der Waals surface area contributed by atoms with Crippen LogP contribution in [0.4, 0.5) is 0 Å². The lowest BCUT2D eigenvalue weighted by atomic mass is 9.94. The van der Waals surface area contributed by atoms with Crippen molar-refractivity contribution in [3.05, 3.63) is 130 Å². The second-order valence-electron chi connectivity index (χ2n) is 11.0. The minimum Gasteiger partial charge on any atom is -0.0616 e. The van der Waals surface area contributed by atoms with E-state index in [9.17, 15) is 0 Å². The van der Waals surface area contributed by atoms with E-state index in [-0.39, 0.29) is 0 Å². The van der Waals surface area contributed by atoms with E-state index < -0.39 is 0 Å². The Morgan fingerprint density at radius 1 is 0.275 bits per heavy atom. The smallest absolute Gasteiger partial charge is 0.0396 e. The lowest BCUT2D eigenvalue weighted by Gasteiger charge is -2.10. The predicted molar refractivity (Wildman–Crippen MR) is 182 cm³/mol. The molecule has 0 nitrogen and oxygen atoms in total. The van der Waals surface area contributed by atoms with Gasteiger partial charge in [-0.2, -0.15) is 0 Å². The molecular weight excluding hydrogens is 616 g/mol. The minimum atomic E-state index is 1.08. The molecule has 0 aliphatic carbocycles. The molecule has 40 heavy (non-hydrogen) atoms. The Labute approximate surface area is 247 Å². The molecule has 186 valence electrons. The zero-order valence-corrected chi connectivity index (χ0v) is 24.5. The maximum absolute atomic E-state index is 3.77. The highest BCUT2D eigenvalue weighted by atomic mass is 79.9. The summed E-state index contributed by atoms with van der Waals surface area (Å²) in [6.45, 7) is 0. The number of benzene rings is 9. The molecule has 0 spiro atoms. The fraction of sp³-hybridized carbons (Fsp3) is 0. The molecule has 0 amide bonds. The Bertz CT molecular complexity index is 2560. The highest BCUT2D eigenvalue weighted by Gasteiger charge is 2.09. The van der Waals surface area contributed by atoms with Gasteiger partial charge in [0.05, 0.1) is 0 Å². The standard InChI is InChI=1S/C38H20Br2/c39-37-6-5-23-9-26-12-29-15-32-16-30-13-27-10-24-7-21-3-1-2-4-22(21)8-25(24)11-28(27)14-31(30)17-33(32)18-34(29)19-35(26)20-36(23)38(37)40/h1-20H. The SMILES string of the molecule is Brc1ccc2cc3cc4cc5cc6cc7cc8cc9ccccc9cc8cc7cc6cc5cc4cc3cc2c1Br. The molecule has 9 rings (SSSR count). The molecule has 9 aromatic rings. The van der Waals surface area contributed by atoms with Gasteiger partial charge in [0.1, 0.15) is 0 Å².